The zero-order chi connectivity index (χ0) is 22.5. The van der Waals surface area contributed by atoms with Crippen molar-refractivity contribution in [1.82, 2.24) is 4.98 Å². The largest absolute Gasteiger partial charge is 0.365 e. The number of rotatable bonds is 8. The molecule has 0 bridgehead atoms. The number of anilines is 2. The number of nitrogens with zero attached hydrogens (tertiary/aromatic N) is 2. The Kier molecular flexibility index (Phi) is 6.96. The van der Waals surface area contributed by atoms with Gasteiger partial charge in [-0.15, -0.1) is 0 Å². The molecule has 2 heterocycles. The molecular weight excluding hydrogens is 402 g/mol. The van der Waals surface area contributed by atoms with Crippen molar-refractivity contribution in [2.45, 2.75) is 44.8 Å². The van der Waals surface area contributed by atoms with Gasteiger partial charge >= 0.3 is 0 Å². The Morgan fingerprint density at radius 3 is 2.65 bits per heavy atom. The molecular formula is C22H26F2N6O. The molecule has 164 valence electrons. The summed E-state index contributed by atoms with van der Waals surface area (Å²) >= 11 is 0. The quantitative estimate of drug-likeness (QED) is 0.513. The molecule has 1 amide bonds. The molecule has 3 atom stereocenters. The van der Waals surface area contributed by atoms with Crippen molar-refractivity contribution in [2.75, 3.05) is 10.6 Å². The second kappa shape index (κ2) is 9.65. The SMILES string of the molecule is CC[C@@H](Nc1nc(NC2=CC=NC(c3ccccc3F)C2)c(C(N)=O)cc1F)[C@H](C)N. The van der Waals surface area contributed by atoms with Crippen LogP contribution >= 0.6 is 0 Å². The Labute approximate surface area is 179 Å². The lowest BCUT2D eigenvalue weighted by atomic mass is 10.00. The van der Waals surface area contributed by atoms with E-state index in [-0.39, 0.29) is 35.1 Å². The second-order valence-electron chi connectivity index (χ2n) is 7.45. The molecule has 1 unspecified atom stereocenters. The molecule has 0 saturated heterocycles. The molecule has 6 N–H and O–H groups in total. The van der Waals surface area contributed by atoms with E-state index in [0.717, 1.165) is 6.07 Å². The van der Waals surface area contributed by atoms with Crippen molar-refractivity contribution in [3.05, 3.63) is 64.9 Å². The summed E-state index contributed by atoms with van der Waals surface area (Å²) in [6, 6.07) is 6.56. The Hall–Kier alpha value is -3.33. The number of pyridine rings is 1. The van der Waals surface area contributed by atoms with Crippen LogP contribution in [0, 0.1) is 11.6 Å². The molecule has 2 aromatic rings. The minimum absolute atomic E-state index is 0.0348. The van der Waals surface area contributed by atoms with E-state index in [9.17, 15) is 13.6 Å². The summed E-state index contributed by atoms with van der Waals surface area (Å²) in [5, 5.41) is 6.02. The Bertz CT molecular complexity index is 1020. The third-order valence-electron chi connectivity index (χ3n) is 5.14. The van der Waals surface area contributed by atoms with E-state index in [1.54, 1.807) is 30.5 Å². The van der Waals surface area contributed by atoms with Crippen molar-refractivity contribution in [3.8, 4) is 0 Å². The molecule has 0 spiro atoms. The zero-order valence-corrected chi connectivity index (χ0v) is 17.4. The van der Waals surface area contributed by atoms with Crippen LogP contribution in [-0.2, 0) is 0 Å². The van der Waals surface area contributed by atoms with Gasteiger partial charge in [-0.25, -0.2) is 13.8 Å². The third-order valence-corrected chi connectivity index (χ3v) is 5.14. The highest BCUT2D eigenvalue weighted by Crippen LogP contribution is 2.31. The molecule has 1 aliphatic rings. The fourth-order valence-electron chi connectivity index (χ4n) is 3.40. The number of primary amides is 1. The van der Waals surface area contributed by atoms with Crippen LogP contribution in [0.25, 0.3) is 0 Å². The normalized spacial score (nSPS) is 17.6. The van der Waals surface area contributed by atoms with Crippen LogP contribution in [0.4, 0.5) is 20.4 Å². The fourth-order valence-corrected chi connectivity index (χ4v) is 3.40. The first-order chi connectivity index (χ1) is 14.8. The molecule has 1 aliphatic heterocycles. The first-order valence-electron chi connectivity index (χ1n) is 10.1. The number of aromatic nitrogens is 1. The molecule has 0 aliphatic carbocycles. The number of hydrogen-bond acceptors (Lipinski definition) is 6. The van der Waals surface area contributed by atoms with E-state index >= 15 is 0 Å². The molecule has 1 aromatic carbocycles. The number of nitrogens with one attached hydrogen (secondary N) is 2. The third kappa shape index (κ3) is 5.24. The topological polar surface area (TPSA) is 118 Å². The van der Waals surface area contributed by atoms with E-state index in [4.69, 9.17) is 11.5 Å². The van der Waals surface area contributed by atoms with Gasteiger partial charge in [-0.2, -0.15) is 0 Å². The number of carbonyl (C=O) groups is 1. The van der Waals surface area contributed by atoms with Crippen LogP contribution in [0.2, 0.25) is 0 Å². The van der Waals surface area contributed by atoms with Gasteiger partial charge in [0.15, 0.2) is 11.6 Å². The van der Waals surface area contributed by atoms with E-state index < -0.39 is 17.8 Å². The molecule has 0 fully saturated rings. The summed E-state index contributed by atoms with van der Waals surface area (Å²) in [6.45, 7) is 3.73. The highest BCUT2D eigenvalue weighted by molar-refractivity contribution is 5.98. The number of aliphatic imine (C=N–C) groups is 1. The average molecular weight is 428 g/mol. The first kappa shape index (κ1) is 22.4. The highest BCUT2D eigenvalue weighted by Gasteiger charge is 2.22. The van der Waals surface area contributed by atoms with Gasteiger partial charge in [0.2, 0.25) is 0 Å². The highest BCUT2D eigenvalue weighted by atomic mass is 19.1. The van der Waals surface area contributed by atoms with E-state index in [1.807, 2.05) is 13.8 Å². The van der Waals surface area contributed by atoms with E-state index in [0.29, 0.717) is 24.1 Å². The molecule has 31 heavy (non-hydrogen) atoms. The summed E-state index contributed by atoms with van der Waals surface area (Å²) in [5.74, 6) is -1.81. The minimum atomic E-state index is -0.824. The van der Waals surface area contributed by atoms with Gasteiger partial charge in [0, 0.05) is 36.0 Å². The number of benzene rings is 1. The standard InChI is InChI=1S/C22H26F2N6O/c1-3-18(12(2)25)29-22-17(24)11-15(20(26)31)21(30-22)28-13-8-9-27-19(10-13)14-6-4-5-7-16(14)23/h4-9,11-12,18-19H,3,10,25H2,1-2H3,(H2,26,31)(H2,28,29,30)/t12-,18+,19?/m0/s1. The molecule has 0 radical (unpaired) electrons. The number of dihydropyridines is 1. The Morgan fingerprint density at radius 2 is 2.00 bits per heavy atom. The van der Waals surface area contributed by atoms with Gasteiger partial charge in [-0.1, -0.05) is 25.1 Å². The lowest BCUT2D eigenvalue weighted by Gasteiger charge is -2.23. The maximum absolute atomic E-state index is 14.6. The Balaban J connectivity index is 1.88. The maximum atomic E-state index is 14.6. The summed E-state index contributed by atoms with van der Waals surface area (Å²) in [5.41, 5.74) is 12.4. The monoisotopic (exact) mass is 428 g/mol. The minimum Gasteiger partial charge on any atom is -0.365 e. The van der Waals surface area contributed by atoms with Gasteiger partial charge in [-0.05, 0) is 31.6 Å². The second-order valence-corrected chi connectivity index (χ2v) is 7.45. The van der Waals surface area contributed by atoms with E-state index in [2.05, 4.69) is 20.6 Å². The summed E-state index contributed by atoms with van der Waals surface area (Å²) < 4.78 is 28.7. The van der Waals surface area contributed by atoms with Gasteiger partial charge in [0.25, 0.3) is 5.91 Å². The number of nitrogens with two attached hydrogens (primary N) is 2. The molecule has 0 saturated carbocycles. The van der Waals surface area contributed by atoms with Crippen LogP contribution < -0.4 is 22.1 Å². The summed E-state index contributed by atoms with van der Waals surface area (Å²) in [4.78, 5) is 20.5. The van der Waals surface area contributed by atoms with Crippen LogP contribution in [-0.4, -0.2) is 29.2 Å². The fraction of sp³-hybridized carbons (Fsp3) is 0.318. The number of carbonyl (C=O) groups excluding carboxylic acids is 1. The van der Waals surface area contributed by atoms with Crippen molar-refractivity contribution >= 4 is 23.8 Å². The van der Waals surface area contributed by atoms with Gasteiger partial charge in [0.05, 0.1) is 11.6 Å². The Morgan fingerprint density at radius 1 is 1.26 bits per heavy atom. The number of halogens is 2. The summed E-state index contributed by atoms with van der Waals surface area (Å²) in [6.07, 6.45) is 4.25. The van der Waals surface area contributed by atoms with Crippen molar-refractivity contribution in [2.24, 2.45) is 16.5 Å². The number of allylic oxidation sites excluding steroid dienone is 1. The predicted molar refractivity (Wildman–Crippen MR) is 118 cm³/mol. The van der Waals surface area contributed by atoms with Gasteiger partial charge in [0.1, 0.15) is 11.6 Å². The summed E-state index contributed by atoms with van der Waals surface area (Å²) in [7, 11) is 0. The first-order valence-corrected chi connectivity index (χ1v) is 10.1. The zero-order valence-electron chi connectivity index (χ0n) is 17.4. The van der Waals surface area contributed by atoms with Gasteiger partial charge in [-0.3, -0.25) is 9.79 Å². The van der Waals surface area contributed by atoms with Crippen LogP contribution in [0.15, 0.2) is 47.1 Å². The molecule has 9 heteroatoms. The van der Waals surface area contributed by atoms with Crippen molar-refractivity contribution in [3.63, 3.8) is 0 Å². The lowest BCUT2D eigenvalue weighted by molar-refractivity contribution is 0.100. The number of hydrogen-bond donors (Lipinski definition) is 4. The van der Waals surface area contributed by atoms with Crippen LogP contribution in [0.1, 0.15) is 48.7 Å². The predicted octanol–water partition coefficient (Wildman–Crippen LogP) is 3.51. The van der Waals surface area contributed by atoms with Crippen molar-refractivity contribution in [1.29, 1.82) is 0 Å². The lowest BCUT2D eigenvalue weighted by Crippen LogP contribution is -2.38. The smallest absolute Gasteiger partial charge is 0.252 e. The average Bonchev–Trinajstić information content (AvgIpc) is 2.73. The van der Waals surface area contributed by atoms with E-state index in [1.165, 1.54) is 6.07 Å². The van der Waals surface area contributed by atoms with Crippen molar-refractivity contribution < 1.29 is 13.6 Å². The molecule has 7 nitrogen and oxygen atoms in total. The van der Waals surface area contributed by atoms with Crippen LogP contribution in [0.5, 0.6) is 0 Å². The maximum Gasteiger partial charge on any atom is 0.252 e. The molecule has 3 rings (SSSR count). The van der Waals surface area contributed by atoms with Gasteiger partial charge < -0.3 is 22.1 Å². The molecule has 1 aromatic heterocycles. The number of amides is 1. The van der Waals surface area contributed by atoms with Crippen LogP contribution in [0.3, 0.4) is 0 Å².